The zero-order valence-corrected chi connectivity index (χ0v) is 14.9. The van der Waals surface area contributed by atoms with E-state index in [9.17, 15) is 13.2 Å². The molecule has 0 N–H and O–H groups in total. The summed E-state index contributed by atoms with van der Waals surface area (Å²) in [5.74, 6) is -0.707. The van der Waals surface area contributed by atoms with E-state index in [1.165, 1.54) is 0 Å². The molecule has 1 aliphatic rings. The van der Waals surface area contributed by atoms with Gasteiger partial charge < -0.3 is 9.80 Å². The summed E-state index contributed by atoms with van der Waals surface area (Å²) in [7, 11) is -1.63. The number of carbonyl (C=O) groups excluding carboxylic acids is 1. The van der Waals surface area contributed by atoms with Crippen LogP contribution in [0.5, 0.6) is 0 Å². The molecule has 2 rings (SSSR count). The van der Waals surface area contributed by atoms with E-state index < -0.39 is 20.8 Å². The minimum absolute atomic E-state index is 0.0545. The molecule has 1 atom stereocenters. The number of piperidine rings is 1. The van der Waals surface area contributed by atoms with Crippen molar-refractivity contribution < 1.29 is 13.2 Å². The molecular weight excluding hydrogens is 312 g/mol. The number of likely N-dealkylation sites (N-methyl/N-ethyl adjacent to an activating group) is 1. The maximum absolute atomic E-state index is 12.3. The fraction of sp³-hybridized carbons (Fsp3) is 0.588. The molecule has 1 aromatic rings. The van der Waals surface area contributed by atoms with Crippen LogP contribution in [-0.4, -0.2) is 56.4 Å². The average molecular weight is 338 g/mol. The lowest BCUT2D eigenvalue weighted by atomic mass is 10.0. The summed E-state index contributed by atoms with van der Waals surface area (Å²) in [5, 5.41) is -0.521. The smallest absolute Gasteiger partial charge is 0.237 e. The number of nitrogens with zero attached hydrogens (tertiary/aromatic N) is 2. The summed E-state index contributed by atoms with van der Waals surface area (Å²) in [6.45, 7) is 4.93. The molecule has 1 fully saturated rings. The van der Waals surface area contributed by atoms with Crippen LogP contribution in [0.15, 0.2) is 30.3 Å². The summed E-state index contributed by atoms with van der Waals surface area (Å²) >= 11 is 0. The van der Waals surface area contributed by atoms with Crippen molar-refractivity contribution in [2.24, 2.45) is 0 Å². The van der Waals surface area contributed by atoms with Crippen LogP contribution in [0.25, 0.3) is 0 Å². The maximum Gasteiger partial charge on any atom is 0.237 e. The SMILES string of the molecule is CC(C)S(=O)(=O)CC(=O)N(C)[C@@H]1CCCN(c2ccccc2)C1. The van der Waals surface area contributed by atoms with Gasteiger partial charge in [0.25, 0.3) is 0 Å². The highest BCUT2D eigenvalue weighted by molar-refractivity contribution is 7.92. The minimum Gasteiger partial charge on any atom is -0.369 e. The number of hydrogen-bond donors (Lipinski definition) is 0. The van der Waals surface area contributed by atoms with Crippen molar-refractivity contribution in [2.45, 2.75) is 38.0 Å². The third-order valence-electron chi connectivity index (χ3n) is 4.50. The highest BCUT2D eigenvalue weighted by Gasteiger charge is 2.29. The van der Waals surface area contributed by atoms with Crippen molar-refractivity contribution in [1.29, 1.82) is 0 Å². The molecule has 128 valence electrons. The topological polar surface area (TPSA) is 57.7 Å². The fourth-order valence-electron chi connectivity index (χ4n) is 2.79. The summed E-state index contributed by atoms with van der Waals surface area (Å²) in [6.07, 6.45) is 1.90. The predicted molar refractivity (Wildman–Crippen MR) is 93.4 cm³/mol. The van der Waals surface area contributed by atoms with Crippen LogP contribution in [0.4, 0.5) is 5.69 Å². The summed E-state index contributed by atoms with van der Waals surface area (Å²) in [6, 6.07) is 10.2. The molecule has 1 heterocycles. The van der Waals surface area contributed by atoms with E-state index in [-0.39, 0.29) is 11.9 Å². The highest BCUT2D eigenvalue weighted by atomic mass is 32.2. The predicted octanol–water partition coefficient (Wildman–Crippen LogP) is 1.94. The van der Waals surface area contributed by atoms with E-state index in [4.69, 9.17) is 0 Å². The number of rotatable bonds is 5. The summed E-state index contributed by atoms with van der Waals surface area (Å²) < 4.78 is 23.9. The van der Waals surface area contributed by atoms with Gasteiger partial charge in [0.15, 0.2) is 9.84 Å². The van der Waals surface area contributed by atoms with Gasteiger partial charge in [-0.2, -0.15) is 0 Å². The van der Waals surface area contributed by atoms with Gasteiger partial charge in [-0.15, -0.1) is 0 Å². The van der Waals surface area contributed by atoms with Gasteiger partial charge in [0, 0.05) is 31.9 Å². The van der Waals surface area contributed by atoms with Crippen LogP contribution in [0.2, 0.25) is 0 Å². The number of para-hydroxylation sites is 1. The average Bonchev–Trinajstić information content (AvgIpc) is 2.54. The Kier molecular flexibility index (Phi) is 5.68. The monoisotopic (exact) mass is 338 g/mol. The Morgan fingerprint density at radius 2 is 1.96 bits per heavy atom. The van der Waals surface area contributed by atoms with Crippen LogP contribution in [-0.2, 0) is 14.6 Å². The van der Waals surface area contributed by atoms with Crippen LogP contribution in [0, 0.1) is 0 Å². The number of hydrogen-bond acceptors (Lipinski definition) is 4. The molecule has 1 saturated heterocycles. The van der Waals surface area contributed by atoms with E-state index in [1.54, 1.807) is 25.8 Å². The Morgan fingerprint density at radius 1 is 1.30 bits per heavy atom. The Morgan fingerprint density at radius 3 is 2.57 bits per heavy atom. The first kappa shape index (κ1) is 17.8. The molecule has 0 radical (unpaired) electrons. The van der Waals surface area contributed by atoms with Crippen molar-refractivity contribution >= 4 is 21.4 Å². The van der Waals surface area contributed by atoms with Gasteiger partial charge >= 0.3 is 0 Å². The summed E-state index contributed by atoms with van der Waals surface area (Å²) in [4.78, 5) is 16.2. The number of anilines is 1. The molecule has 0 unspecified atom stereocenters. The van der Waals surface area contributed by atoms with Crippen molar-refractivity contribution in [3.63, 3.8) is 0 Å². The largest absolute Gasteiger partial charge is 0.369 e. The molecular formula is C17H26N2O3S. The van der Waals surface area contributed by atoms with Crippen LogP contribution >= 0.6 is 0 Å². The molecule has 5 nitrogen and oxygen atoms in total. The van der Waals surface area contributed by atoms with Gasteiger partial charge in [-0.3, -0.25) is 4.79 Å². The van der Waals surface area contributed by atoms with Crippen molar-refractivity contribution in [1.82, 2.24) is 4.90 Å². The number of carbonyl (C=O) groups is 1. The van der Waals surface area contributed by atoms with Crippen molar-refractivity contribution in [3.8, 4) is 0 Å². The third-order valence-corrected chi connectivity index (χ3v) is 6.59. The second-order valence-corrected chi connectivity index (χ2v) is 9.00. The molecule has 1 aliphatic heterocycles. The maximum atomic E-state index is 12.3. The van der Waals surface area contributed by atoms with Gasteiger partial charge in [0.2, 0.25) is 5.91 Å². The summed E-state index contributed by atoms with van der Waals surface area (Å²) in [5.41, 5.74) is 1.15. The fourth-order valence-corrected chi connectivity index (χ4v) is 3.67. The Bertz CT molecular complexity index is 628. The zero-order valence-electron chi connectivity index (χ0n) is 14.1. The van der Waals surface area contributed by atoms with Crippen molar-refractivity contribution in [3.05, 3.63) is 30.3 Å². The van der Waals surface area contributed by atoms with E-state index in [0.29, 0.717) is 0 Å². The lowest BCUT2D eigenvalue weighted by Crippen LogP contribution is -2.50. The number of benzene rings is 1. The van der Waals surface area contributed by atoms with Gasteiger partial charge in [-0.1, -0.05) is 18.2 Å². The number of amides is 1. The quantitative estimate of drug-likeness (QED) is 0.823. The molecule has 0 spiro atoms. The second-order valence-electron chi connectivity index (χ2n) is 6.44. The molecule has 0 aromatic heterocycles. The normalized spacial score (nSPS) is 19.0. The van der Waals surface area contributed by atoms with E-state index in [1.807, 2.05) is 18.2 Å². The lowest BCUT2D eigenvalue weighted by molar-refractivity contribution is -0.129. The van der Waals surface area contributed by atoms with Gasteiger partial charge in [0.1, 0.15) is 5.75 Å². The highest BCUT2D eigenvalue weighted by Crippen LogP contribution is 2.22. The molecule has 0 bridgehead atoms. The second kappa shape index (κ2) is 7.34. The number of sulfone groups is 1. The first-order chi connectivity index (χ1) is 10.8. The van der Waals surface area contributed by atoms with E-state index in [0.717, 1.165) is 31.6 Å². The Balaban J connectivity index is 2.02. The Hall–Kier alpha value is -1.56. The van der Waals surface area contributed by atoms with Crippen LogP contribution < -0.4 is 4.90 Å². The molecule has 6 heteroatoms. The van der Waals surface area contributed by atoms with Crippen LogP contribution in [0.1, 0.15) is 26.7 Å². The third kappa shape index (κ3) is 4.47. The van der Waals surface area contributed by atoms with Gasteiger partial charge in [-0.25, -0.2) is 8.42 Å². The molecule has 23 heavy (non-hydrogen) atoms. The van der Waals surface area contributed by atoms with E-state index >= 15 is 0 Å². The molecule has 0 aliphatic carbocycles. The van der Waals surface area contributed by atoms with Gasteiger partial charge in [0.05, 0.1) is 5.25 Å². The molecule has 1 amide bonds. The standard InChI is InChI=1S/C17H26N2O3S/c1-14(2)23(21,22)13-17(20)18(3)16-10-7-11-19(12-16)15-8-5-4-6-9-15/h4-6,8-9,14,16H,7,10-13H2,1-3H3/t16-/m1/s1. The molecule has 1 aromatic carbocycles. The molecule has 0 saturated carbocycles. The van der Waals surface area contributed by atoms with Crippen LogP contribution in [0.3, 0.4) is 0 Å². The first-order valence-corrected chi connectivity index (χ1v) is 9.80. The minimum atomic E-state index is -3.35. The zero-order chi connectivity index (χ0) is 17.0. The lowest BCUT2D eigenvalue weighted by Gasteiger charge is -2.39. The van der Waals surface area contributed by atoms with Crippen molar-refractivity contribution in [2.75, 3.05) is 30.8 Å². The van der Waals surface area contributed by atoms with E-state index in [2.05, 4.69) is 17.0 Å². The van der Waals surface area contributed by atoms with Gasteiger partial charge in [-0.05, 0) is 38.8 Å². The first-order valence-electron chi connectivity index (χ1n) is 8.08. The Labute approximate surface area is 139 Å².